The number of Topliss-reactive ketones (excluding diaryl/α,β-unsaturated/α-hetero) is 1. The molecule has 30 heavy (non-hydrogen) atoms. The number of benzene rings is 2. The molecule has 152 valence electrons. The maximum absolute atomic E-state index is 13.0. The van der Waals surface area contributed by atoms with Gasteiger partial charge in [0.15, 0.2) is 5.78 Å². The summed E-state index contributed by atoms with van der Waals surface area (Å²) in [5, 5.41) is 9.71. The molecule has 0 aromatic heterocycles. The average Bonchev–Trinajstić information content (AvgIpc) is 2.71. The van der Waals surface area contributed by atoms with Crippen molar-refractivity contribution >= 4 is 5.78 Å². The molecule has 5 nitrogen and oxygen atoms in total. The maximum Gasteiger partial charge on any atom is 0.205 e. The van der Waals surface area contributed by atoms with Crippen molar-refractivity contribution in [3.63, 3.8) is 0 Å². The molecule has 1 unspecified atom stereocenters. The van der Waals surface area contributed by atoms with Crippen molar-refractivity contribution in [3.8, 4) is 11.8 Å². The lowest BCUT2D eigenvalue weighted by molar-refractivity contribution is -0.119. The fraction of sp³-hybridized carbons (Fsp3) is 0.280. The molecule has 0 saturated heterocycles. The Hall–Kier alpha value is -3.52. The zero-order valence-electron chi connectivity index (χ0n) is 17.1. The van der Waals surface area contributed by atoms with Crippen LogP contribution in [0.3, 0.4) is 0 Å². The fourth-order valence-electron chi connectivity index (χ4n) is 4.12. The highest BCUT2D eigenvalue weighted by Crippen LogP contribution is 2.47. The van der Waals surface area contributed by atoms with E-state index < -0.39 is 5.92 Å². The van der Waals surface area contributed by atoms with E-state index in [2.05, 4.69) is 6.07 Å². The number of carbonyl (C=O) groups excluding carboxylic acids is 1. The van der Waals surface area contributed by atoms with Gasteiger partial charge in [0.2, 0.25) is 5.88 Å². The third-order valence-electron chi connectivity index (χ3n) is 5.54. The van der Waals surface area contributed by atoms with Crippen LogP contribution in [-0.2, 0) is 16.1 Å². The van der Waals surface area contributed by atoms with Crippen molar-refractivity contribution in [3.05, 3.63) is 88.5 Å². The Labute approximate surface area is 176 Å². The largest absolute Gasteiger partial charge is 0.489 e. The number of nitrogens with zero attached hydrogens (tertiary/aromatic N) is 1. The van der Waals surface area contributed by atoms with E-state index in [9.17, 15) is 10.1 Å². The summed E-state index contributed by atoms with van der Waals surface area (Å²) >= 11 is 0. The highest BCUT2D eigenvalue weighted by molar-refractivity contribution is 6.00. The number of rotatable bonds is 4. The number of hydrogen-bond acceptors (Lipinski definition) is 5. The van der Waals surface area contributed by atoms with Crippen LogP contribution in [0.1, 0.15) is 43.7 Å². The van der Waals surface area contributed by atoms with E-state index >= 15 is 0 Å². The average molecular weight is 400 g/mol. The maximum atomic E-state index is 13.0. The van der Waals surface area contributed by atoms with Crippen LogP contribution in [0.2, 0.25) is 0 Å². The minimum Gasteiger partial charge on any atom is -0.489 e. The monoisotopic (exact) mass is 400 g/mol. The Morgan fingerprint density at radius 3 is 2.50 bits per heavy atom. The van der Waals surface area contributed by atoms with Gasteiger partial charge in [-0.3, -0.25) is 4.79 Å². The summed E-state index contributed by atoms with van der Waals surface area (Å²) < 4.78 is 11.6. The third kappa shape index (κ3) is 3.81. The quantitative estimate of drug-likeness (QED) is 0.803. The summed E-state index contributed by atoms with van der Waals surface area (Å²) in [5.41, 5.74) is 8.61. The first-order chi connectivity index (χ1) is 14.4. The van der Waals surface area contributed by atoms with Crippen LogP contribution < -0.4 is 10.5 Å². The van der Waals surface area contributed by atoms with Gasteiger partial charge in [0.05, 0.1) is 5.92 Å². The number of ketones is 1. The molecule has 2 aliphatic rings. The smallest absolute Gasteiger partial charge is 0.205 e. The first-order valence-electron chi connectivity index (χ1n) is 9.98. The molecule has 2 aromatic rings. The third-order valence-corrected chi connectivity index (χ3v) is 5.54. The summed E-state index contributed by atoms with van der Waals surface area (Å²) in [5.74, 6) is 0.884. The highest BCUT2D eigenvalue weighted by Gasteiger charge is 2.42. The van der Waals surface area contributed by atoms with Crippen LogP contribution in [0.5, 0.6) is 5.75 Å². The molecule has 5 heteroatoms. The summed E-state index contributed by atoms with van der Waals surface area (Å²) in [6.07, 6.45) is 1.03. The predicted molar refractivity (Wildman–Crippen MR) is 113 cm³/mol. The molecule has 0 bridgehead atoms. The second-order valence-corrected chi connectivity index (χ2v) is 8.55. The van der Waals surface area contributed by atoms with Crippen LogP contribution in [0.4, 0.5) is 0 Å². The molecular weight excluding hydrogens is 376 g/mol. The van der Waals surface area contributed by atoms with Gasteiger partial charge < -0.3 is 15.2 Å². The molecule has 2 N–H and O–H groups in total. The van der Waals surface area contributed by atoms with Crippen molar-refractivity contribution < 1.29 is 14.3 Å². The van der Waals surface area contributed by atoms with Crippen LogP contribution in [0, 0.1) is 16.7 Å². The molecule has 1 atom stereocenters. The first kappa shape index (κ1) is 19.8. The van der Waals surface area contributed by atoms with Gasteiger partial charge in [-0.25, -0.2) is 0 Å². The zero-order valence-corrected chi connectivity index (χ0v) is 17.1. The minimum absolute atomic E-state index is 0.0101. The Morgan fingerprint density at radius 1 is 1.13 bits per heavy atom. The summed E-state index contributed by atoms with van der Waals surface area (Å²) in [6, 6.07) is 19.6. The molecule has 1 aliphatic carbocycles. The minimum atomic E-state index is -0.509. The molecule has 0 saturated carbocycles. The van der Waals surface area contributed by atoms with Gasteiger partial charge in [0, 0.05) is 18.4 Å². The summed E-state index contributed by atoms with van der Waals surface area (Å²) in [6.45, 7) is 4.54. The van der Waals surface area contributed by atoms with Crippen molar-refractivity contribution in [1.29, 1.82) is 5.26 Å². The van der Waals surface area contributed by atoms with Gasteiger partial charge in [-0.05, 0) is 28.7 Å². The van der Waals surface area contributed by atoms with E-state index in [-0.39, 0.29) is 22.7 Å². The lowest BCUT2D eigenvalue weighted by Gasteiger charge is -2.37. The SMILES string of the molecule is CC1(C)CC(=O)C2=C(C1)OC(N)=C(C#N)C2c1ccc(OCc2ccccc2)cc1. The van der Waals surface area contributed by atoms with E-state index in [4.69, 9.17) is 15.2 Å². The van der Waals surface area contributed by atoms with E-state index in [0.29, 0.717) is 30.8 Å². The van der Waals surface area contributed by atoms with Crippen LogP contribution in [0.25, 0.3) is 0 Å². The number of nitriles is 1. The second-order valence-electron chi connectivity index (χ2n) is 8.55. The van der Waals surface area contributed by atoms with Gasteiger partial charge in [0.25, 0.3) is 0 Å². The Morgan fingerprint density at radius 2 is 1.83 bits per heavy atom. The Bertz CT molecular complexity index is 1070. The predicted octanol–water partition coefficient (Wildman–Crippen LogP) is 4.72. The van der Waals surface area contributed by atoms with Crippen molar-refractivity contribution in [2.24, 2.45) is 11.1 Å². The number of carbonyl (C=O) groups is 1. The highest BCUT2D eigenvalue weighted by atomic mass is 16.5. The fourth-order valence-corrected chi connectivity index (χ4v) is 4.12. The van der Waals surface area contributed by atoms with Crippen molar-refractivity contribution in [2.75, 3.05) is 0 Å². The van der Waals surface area contributed by atoms with E-state index in [1.165, 1.54) is 0 Å². The van der Waals surface area contributed by atoms with Crippen LogP contribution in [0.15, 0.2) is 77.4 Å². The normalized spacial score (nSPS) is 20.3. The number of allylic oxidation sites excluding steroid dienone is 3. The summed E-state index contributed by atoms with van der Waals surface area (Å²) in [4.78, 5) is 13.0. The summed E-state index contributed by atoms with van der Waals surface area (Å²) in [7, 11) is 0. The molecule has 4 rings (SSSR count). The van der Waals surface area contributed by atoms with Crippen molar-refractivity contribution in [2.45, 2.75) is 39.2 Å². The molecule has 0 radical (unpaired) electrons. The van der Waals surface area contributed by atoms with Crippen molar-refractivity contribution in [1.82, 2.24) is 0 Å². The lowest BCUT2D eigenvalue weighted by atomic mass is 9.70. The molecule has 1 aliphatic heterocycles. The second kappa shape index (κ2) is 7.72. The van der Waals surface area contributed by atoms with E-state index in [1.807, 2.05) is 68.4 Å². The molecule has 2 aromatic carbocycles. The van der Waals surface area contributed by atoms with Gasteiger partial charge in [-0.15, -0.1) is 0 Å². The van der Waals surface area contributed by atoms with E-state index in [1.54, 1.807) is 0 Å². The standard InChI is InChI=1S/C25H24N2O3/c1-25(2)12-20(28)23-21(13-25)30-24(27)19(14-26)22(23)17-8-10-18(11-9-17)29-15-16-6-4-3-5-7-16/h3-11,22H,12-13,15,27H2,1-2H3. The van der Waals surface area contributed by atoms with Gasteiger partial charge in [-0.1, -0.05) is 56.3 Å². The molecule has 0 spiro atoms. The number of ether oxygens (including phenoxy) is 2. The Kier molecular flexibility index (Phi) is 5.09. The van der Waals surface area contributed by atoms with Gasteiger partial charge >= 0.3 is 0 Å². The van der Waals surface area contributed by atoms with Crippen LogP contribution >= 0.6 is 0 Å². The molecule has 0 fully saturated rings. The van der Waals surface area contributed by atoms with Gasteiger partial charge in [-0.2, -0.15) is 5.26 Å². The Balaban J connectivity index is 1.63. The molecule has 0 amide bonds. The topological polar surface area (TPSA) is 85.3 Å². The molecular formula is C25H24N2O3. The number of hydrogen-bond donors (Lipinski definition) is 1. The number of nitrogens with two attached hydrogens (primary N) is 1. The molecule has 1 heterocycles. The zero-order chi connectivity index (χ0) is 21.3. The lowest BCUT2D eigenvalue weighted by Crippen LogP contribution is -2.33. The van der Waals surface area contributed by atoms with Gasteiger partial charge in [0.1, 0.15) is 29.8 Å². The van der Waals surface area contributed by atoms with E-state index in [0.717, 1.165) is 16.9 Å². The van der Waals surface area contributed by atoms with Crippen LogP contribution in [-0.4, -0.2) is 5.78 Å². The first-order valence-corrected chi connectivity index (χ1v) is 9.98.